The first-order valence-corrected chi connectivity index (χ1v) is 14.7. The van der Waals surface area contributed by atoms with E-state index in [0.29, 0.717) is 35.2 Å². The van der Waals surface area contributed by atoms with Gasteiger partial charge < -0.3 is 0 Å². The van der Waals surface area contributed by atoms with Gasteiger partial charge in [-0.05, 0) is 61.0 Å². The third-order valence-electron chi connectivity index (χ3n) is 6.08. The molecule has 1 fully saturated rings. The summed E-state index contributed by atoms with van der Waals surface area (Å²) in [4.78, 5) is 24.8. The van der Waals surface area contributed by atoms with Crippen LogP contribution in [0, 0.1) is 6.92 Å². The topological polar surface area (TPSA) is 83.5 Å². The zero-order chi connectivity index (χ0) is 24.6. The van der Waals surface area contributed by atoms with Crippen molar-refractivity contribution in [2.45, 2.75) is 43.0 Å². The van der Waals surface area contributed by atoms with Crippen molar-refractivity contribution in [2.75, 3.05) is 11.4 Å². The summed E-state index contributed by atoms with van der Waals surface area (Å²) in [5.74, 6) is -0.293. The van der Waals surface area contributed by atoms with Crippen molar-refractivity contribution >= 4 is 65.6 Å². The second-order valence-electron chi connectivity index (χ2n) is 8.32. The lowest BCUT2D eigenvalue weighted by Crippen LogP contribution is -2.52. The molecule has 0 bridgehead atoms. The number of anilines is 1. The largest absolute Gasteiger partial charge is 0.281 e. The molecule has 1 saturated heterocycles. The SMILES string of the molecule is Cc1c(Cl)ccc2sc(N(Cc3ccccn3)C(=O)C3CCCCN3S(=O)(=O)c3cccs3)nc12. The first-order valence-electron chi connectivity index (χ1n) is 11.2. The van der Waals surface area contributed by atoms with Crippen LogP contribution in [0.5, 0.6) is 0 Å². The van der Waals surface area contributed by atoms with E-state index in [1.54, 1.807) is 28.6 Å². The lowest BCUT2D eigenvalue weighted by atomic mass is 10.0. The van der Waals surface area contributed by atoms with Crippen LogP contribution < -0.4 is 4.90 Å². The van der Waals surface area contributed by atoms with Gasteiger partial charge in [0.05, 0.1) is 22.5 Å². The maximum absolute atomic E-state index is 14.1. The molecule has 1 aliphatic rings. The number of carbonyl (C=O) groups is 1. The van der Waals surface area contributed by atoms with Gasteiger partial charge in [-0.3, -0.25) is 14.7 Å². The van der Waals surface area contributed by atoms with E-state index in [1.807, 2.05) is 37.3 Å². The van der Waals surface area contributed by atoms with E-state index < -0.39 is 16.1 Å². The summed E-state index contributed by atoms with van der Waals surface area (Å²) in [6.07, 6.45) is 3.62. The highest BCUT2D eigenvalue weighted by Gasteiger charge is 2.41. The first-order chi connectivity index (χ1) is 16.9. The highest BCUT2D eigenvalue weighted by Crippen LogP contribution is 2.36. The van der Waals surface area contributed by atoms with Crippen LogP contribution in [0.3, 0.4) is 0 Å². The van der Waals surface area contributed by atoms with Crippen LogP contribution in [0.2, 0.25) is 5.02 Å². The van der Waals surface area contributed by atoms with Crippen molar-refractivity contribution in [3.63, 3.8) is 0 Å². The van der Waals surface area contributed by atoms with E-state index in [9.17, 15) is 13.2 Å². The van der Waals surface area contributed by atoms with Crippen molar-refractivity contribution in [1.82, 2.24) is 14.3 Å². The molecular weight excluding hydrogens is 524 g/mol. The Kier molecular flexibility index (Phi) is 6.91. The van der Waals surface area contributed by atoms with Crippen LogP contribution >= 0.6 is 34.3 Å². The molecule has 4 aromatic rings. The number of carbonyl (C=O) groups excluding carboxylic acids is 1. The van der Waals surface area contributed by atoms with Crippen LogP contribution in [0.15, 0.2) is 58.3 Å². The van der Waals surface area contributed by atoms with Crippen LogP contribution in [0.1, 0.15) is 30.5 Å². The van der Waals surface area contributed by atoms with Gasteiger partial charge in [0.25, 0.3) is 10.0 Å². The number of rotatable bonds is 6. The molecule has 5 rings (SSSR count). The van der Waals surface area contributed by atoms with E-state index >= 15 is 0 Å². The Balaban J connectivity index is 1.56. The van der Waals surface area contributed by atoms with Crippen molar-refractivity contribution in [1.29, 1.82) is 0 Å². The van der Waals surface area contributed by atoms with Crippen molar-refractivity contribution in [3.8, 4) is 0 Å². The minimum absolute atomic E-state index is 0.190. The van der Waals surface area contributed by atoms with Crippen LogP contribution in [0.4, 0.5) is 5.13 Å². The van der Waals surface area contributed by atoms with Gasteiger partial charge in [-0.1, -0.05) is 41.5 Å². The van der Waals surface area contributed by atoms with Crippen LogP contribution in [0.25, 0.3) is 10.2 Å². The van der Waals surface area contributed by atoms with Gasteiger partial charge in [-0.2, -0.15) is 4.31 Å². The average molecular weight is 547 g/mol. The number of piperidine rings is 1. The summed E-state index contributed by atoms with van der Waals surface area (Å²) in [5.41, 5.74) is 2.28. The number of aromatic nitrogens is 2. The summed E-state index contributed by atoms with van der Waals surface area (Å²) in [5, 5.41) is 2.84. The van der Waals surface area contributed by atoms with Gasteiger partial charge in [0, 0.05) is 17.8 Å². The molecule has 4 heterocycles. The molecule has 0 radical (unpaired) electrons. The molecule has 0 N–H and O–H groups in total. The highest BCUT2D eigenvalue weighted by atomic mass is 35.5. The van der Waals surface area contributed by atoms with Gasteiger partial charge in [0.15, 0.2) is 5.13 Å². The fourth-order valence-corrected chi connectivity index (χ4v) is 8.20. The van der Waals surface area contributed by atoms with Gasteiger partial charge in [0.1, 0.15) is 10.3 Å². The van der Waals surface area contributed by atoms with Crippen molar-refractivity contribution in [3.05, 3.63) is 70.3 Å². The number of aryl methyl sites for hydroxylation is 1. The molecule has 0 spiro atoms. The summed E-state index contributed by atoms with van der Waals surface area (Å²) in [6.45, 7) is 2.40. The molecule has 1 amide bonds. The van der Waals surface area contributed by atoms with E-state index in [4.69, 9.17) is 16.6 Å². The number of thiazole rings is 1. The third kappa shape index (κ3) is 4.73. The average Bonchev–Trinajstić information content (AvgIpc) is 3.56. The van der Waals surface area contributed by atoms with Crippen molar-refractivity contribution in [2.24, 2.45) is 0 Å². The number of thiophene rings is 1. The lowest BCUT2D eigenvalue weighted by molar-refractivity contribution is -0.123. The fraction of sp³-hybridized carbons (Fsp3) is 0.292. The van der Waals surface area contributed by atoms with Gasteiger partial charge in [-0.25, -0.2) is 13.4 Å². The molecule has 1 atom stereocenters. The predicted octanol–water partition coefficient (Wildman–Crippen LogP) is 5.49. The summed E-state index contributed by atoms with van der Waals surface area (Å²) >= 11 is 8.86. The number of hydrogen-bond acceptors (Lipinski definition) is 7. The molecular formula is C24H23ClN4O3S3. The number of pyridine rings is 1. The predicted molar refractivity (Wildman–Crippen MR) is 141 cm³/mol. The maximum atomic E-state index is 14.1. The first kappa shape index (κ1) is 24.3. The monoisotopic (exact) mass is 546 g/mol. The zero-order valence-electron chi connectivity index (χ0n) is 18.9. The lowest BCUT2D eigenvalue weighted by Gasteiger charge is -2.35. The van der Waals surface area contributed by atoms with E-state index in [-0.39, 0.29) is 16.7 Å². The Morgan fingerprint density at radius 1 is 1.20 bits per heavy atom. The fourth-order valence-electron chi connectivity index (χ4n) is 4.24. The van der Waals surface area contributed by atoms with Crippen LogP contribution in [-0.4, -0.2) is 41.2 Å². The van der Waals surface area contributed by atoms with E-state index in [1.165, 1.54) is 15.6 Å². The van der Waals surface area contributed by atoms with Crippen molar-refractivity contribution < 1.29 is 13.2 Å². The number of hydrogen-bond donors (Lipinski definition) is 0. The summed E-state index contributed by atoms with van der Waals surface area (Å²) in [7, 11) is -3.78. The maximum Gasteiger partial charge on any atom is 0.253 e. The zero-order valence-corrected chi connectivity index (χ0v) is 22.1. The molecule has 1 unspecified atom stereocenters. The smallest absolute Gasteiger partial charge is 0.253 e. The number of amides is 1. The van der Waals surface area contributed by atoms with E-state index in [2.05, 4.69) is 4.98 Å². The number of halogens is 1. The molecule has 3 aromatic heterocycles. The number of fused-ring (bicyclic) bond motifs is 1. The molecule has 11 heteroatoms. The highest BCUT2D eigenvalue weighted by molar-refractivity contribution is 7.91. The minimum Gasteiger partial charge on any atom is -0.281 e. The van der Waals surface area contributed by atoms with Crippen LogP contribution in [-0.2, 0) is 21.4 Å². The van der Waals surface area contributed by atoms with Gasteiger partial charge >= 0.3 is 0 Å². The second-order valence-corrected chi connectivity index (χ2v) is 12.8. The number of benzene rings is 1. The molecule has 7 nitrogen and oxygen atoms in total. The Labute approximate surface area is 217 Å². The summed E-state index contributed by atoms with van der Waals surface area (Å²) < 4.78 is 29.4. The minimum atomic E-state index is -3.78. The Morgan fingerprint density at radius 3 is 2.80 bits per heavy atom. The summed E-state index contributed by atoms with van der Waals surface area (Å²) in [6, 6.07) is 11.7. The molecule has 182 valence electrons. The van der Waals surface area contributed by atoms with Gasteiger partial charge in [-0.15, -0.1) is 11.3 Å². The Morgan fingerprint density at radius 2 is 2.06 bits per heavy atom. The van der Waals surface area contributed by atoms with E-state index in [0.717, 1.165) is 33.5 Å². The normalized spacial score (nSPS) is 17.0. The molecule has 1 aromatic carbocycles. The molecule has 35 heavy (non-hydrogen) atoms. The standard InChI is InChI=1S/C24H23ClN4O3S3/c1-16-18(25)10-11-20-22(16)27-24(34-20)28(15-17-7-2-4-12-26-17)23(30)19-8-3-5-13-29(19)35(31,32)21-9-6-14-33-21/h2,4,6-7,9-12,14,19H,3,5,8,13,15H2,1H3. The second kappa shape index (κ2) is 9.94. The Hall–Kier alpha value is -2.37. The third-order valence-corrected chi connectivity index (χ3v) is 10.8. The molecule has 0 aliphatic carbocycles. The molecule has 0 saturated carbocycles. The quantitative estimate of drug-likeness (QED) is 0.319. The van der Waals surface area contributed by atoms with Gasteiger partial charge in [0.2, 0.25) is 5.91 Å². The number of sulfonamides is 1. The number of nitrogens with zero attached hydrogens (tertiary/aromatic N) is 4. The Bertz CT molecular complexity index is 1460. The molecule has 1 aliphatic heterocycles.